The summed E-state index contributed by atoms with van der Waals surface area (Å²) in [6, 6.07) is 15.5. The number of ketones is 4. The summed E-state index contributed by atoms with van der Waals surface area (Å²) in [6.45, 7) is 24.6. The van der Waals surface area contributed by atoms with Crippen molar-refractivity contribution in [3.05, 3.63) is 94.8 Å². The Morgan fingerprint density at radius 1 is 0.842 bits per heavy atom. The van der Waals surface area contributed by atoms with Crippen LogP contribution in [-0.4, -0.2) is 122 Å². The third-order valence-electron chi connectivity index (χ3n) is 14.7. The van der Waals surface area contributed by atoms with E-state index in [1.54, 1.807) is 26.0 Å². The molecule has 0 radical (unpaired) electrons. The molecular formula is C60H88KN7O8. The number of allylic oxidation sites excluding steroid dienone is 1. The molecule has 6 rings (SSSR count). The molecule has 3 fully saturated rings. The first-order valence-electron chi connectivity index (χ1n) is 27.5. The van der Waals surface area contributed by atoms with E-state index >= 15 is 0 Å². The minimum Gasteiger partial charge on any atom is -0.386 e. The van der Waals surface area contributed by atoms with Gasteiger partial charge < -0.3 is 35.2 Å². The molecule has 1 aliphatic carbocycles. The molecule has 3 aliphatic rings. The van der Waals surface area contributed by atoms with Gasteiger partial charge in [0.1, 0.15) is 23.2 Å². The van der Waals surface area contributed by atoms with E-state index in [1.165, 1.54) is 39.5 Å². The normalized spacial score (nSPS) is 16.7. The average molecular weight is 1070 g/mol. The number of hydrogen-bond acceptors (Lipinski definition) is 13. The number of rotatable bonds is 27. The van der Waals surface area contributed by atoms with Crippen molar-refractivity contribution in [3.63, 3.8) is 0 Å². The minimum atomic E-state index is -0.287. The van der Waals surface area contributed by atoms with Crippen LogP contribution in [0.15, 0.2) is 55.1 Å². The van der Waals surface area contributed by atoms with Crippen molar-refractivity contribution in [1.29, 1.82) is 0 Å². The Kier molecular flexibility index (Phi) is 31.0. The van der Waals surface area contributed by atoms with Crippen molar-refractivity contribution in [2.24, 2.45) is 11.8 Å². The third kappa shape index (κ3) is 21.7. The Morgan fingerprint density at radius 3 is 2.12 bits per heavy atom. The Labute approximate surface area is 497 Å². The van der Waals surface area contributed by atoms with Crippen molar-refractivity contribution >= 4 is 52.5 Å². The SMILES string of the molecule is C=C(C)c1ccc(C(=O)NC(C)c2cc(N3CC[C-]4CCCCC43)nc(CCCOCCOCCN3CCC(Nc4cccc(C(C)=O)c4C(C)=O)CC3)n2)cc1.CCC(C)C(=O)CCC(CC)C(C)=O.CNC=O.[K+]. The molecule has 1 aromatic heterocycles. The first kappa shape index (κ1) is 66.3. The number of nitrogens with zero attached hydrogens (tertiary/aromatic N) is 4. The molecule has 76 heavy (non-hydrogen) atoms. The standard InChI is InChI=1S/C46H61N6O5.C12H22O2.C2H5NO.K/c1-31(2)35-15-17-37(18-16-35)46(55)47-32(3)41-30-44(52-24-19-36-10-6-7-13-42(36)52)50-43(49-41)14-9-26-56-28-29-57-27-25-51-22-20-38(21-23-51)48-40-12-8-11-39(33(4)53)45(40)34(5)54;1-5-9(3)12(14)8-7-11(6-2)10(4)13;1-3-2-4;/h8,11-12,15-18,30,32,38,42,48H,1,6-7,9-10,13-14,19-29H2,2-5H3,(H,47,55);9,11H,5-8H2,1-4H3;2H,1H3,(H,3,4);/q-1;;;+1. The quantitative estimate of drug-likeness (QED) is 0.0232. The maximum Gasteiger partial charge on any atom is 1.00 e. The van der Waals surface area contributed by atoms with Crippen LogP contribution in [0.4, 0.5) is 11.5 Å². The van der Waals surface area contributed by atoms with Gasteiger partial charge in [-0.15, -0.1) is 0 Å². The van der Waals surface area contributed by atoms with Crippen molar-refractivity contribution in [2.45, 2.75) is 157 Å². The smallest absolute Gasteiger partial charge is 0.386 e. The number of piperidine rings is 1. The van der Waals surface area contributed by atoms with Crippen LogP contribution in [0.3, 0.4) is 0 Å². The van der Waals surface area contributed by atoms with Crippen LogP contribution in [0.25, 0.3) is 5.57 Å². The molecule has 16 heteroatoms. The van der Waals surface area contributed by atoms with Crippen LogP contribution >= 0.6 is 0 Å². The van der Waals surface area contributed by atoms with Gasteiger partial charge in [0.05, 0.1) is 37.1 Å². The zero-order valence-electron chi connectivity index (χ0n) is 47.7. The number of likely N-dealkylation sites (tertiary alicyclic amines) is 1. The van der Waals surface area contributed by atoms with Gasteiger partial charge in [-0.25, -0.2) is 9.97 Å². The zero-order chi connectivity index (χ0) is 54.9. The molecule has 3 aromatic rings. The predicted molar refractivity (Wildman–Crippen MR) is 299 cm³/mol. The number of carbonyl (C=O) groups excluding carboxylic acids is 6. The number of amides is 2. The van der Waals surface area contributed by atoms with Crippen LogP contribution in [-0.2, 0) is 30.3 Å². The minimum absolute atomic E-state index is 0. The Hall–Kier alpha value is -4.00. The largest absolute Gasteiger partial charge is 1.00 e. The number of anilines is 2. The second-order valence-electron chi connectivity index (χ2n) is 20.3. The molecule has 1 saturated carbocycles. The number of aromatic nitrogens is 2. The van der Waals surface area contributed by atoms with Crippen molar-refractivity contribution in [3.8, 4) is 0 Å². The van der Waals surface area contributed by atoms with E-state index in [0.717, 1.165) is 105 Å². The van der Waals surface area contributed by atoms with E-state index in [9.17, 15) is 24.0 Å². The summed E-state index contributed by atoms with van der Waals surface area (Å²) in [7, 11) is 1.56. The van der Waals surface area contributed by atoms with Gasteiger partial charge in [0.2, 0.25) is 6.41 Å². The summed E-state index contributed by atoms with van der Waals surface area (Å²) in [5.74, 6) is 3.81. The van der Waals surface area contributed by atoms with Crippen LogP contribution in [0, 0.1) is 17.8 Å². The Morgan fingerprint density at radius 2 is 1.51 bits per heavy atom. The fourth-order valence-corrected chi connectivity index (χ4v) is 9.87. The van der Waals surface area contributed by atoms with Crippen LogP contribution < -0.4 is 72.2 Å². The number of aryl methyl sites for hydroxylation is 1. The van der Waals surface area contributed by atoms with E-state index in [2.05, 4.69) is 38.4 Å². The summed E-state index contributed by atoms with van der Waals surface area (Å²) < 4.78 is 11.9. The molecule has 4 unspecified atom stereocenters. The number of hydrogen-bond donors (Lipinski definition) is 3. The van der Waals surface area contributed by atoms with Crippen molar-refractivity contribution < 1.29 is 89.6 Å². The monoisotopic (exact) mass is 1070 g/mol. The van der Waals surface area contributed by atoms with E-state index < -0.39 is 0 Å². The molecule has 2 aromatic carbocycles. The van der Waals surface area contributed by atoms with Crippen molar-refractivity contribution in [1.82, 2.24) is 25.5 Å². The van der Waals surface area contributed by atoms with Gasteiger partial charge >= 0.3 is 51.4 Å². The van der Waals surface area contributed by atoms with E-state index in [4.69, 9.17) is 24.2 Å². The van der Waals surface area contributed by atoms with Gasteiger partial charge in [0, 0.05) is 86.9 Å². The molecule has 0 spiro atoms. The fourth-order valence-electron chi connectivity index (χ4n) is 9.87. The predicted octanol–water partition coefficient (Wildman–Crippen LogP) is 7.04. The number of carbonyl (C=O) groups is 6. The first-order chi connectivity index (χ1) is 36.0. The third-order valence-corrected chi connectivity index (χ3v) is 14.7. The summed E-state index contributed by atoms with van der Waals surface area (Å²) in [5.41, 5.74) is 5.13. The second kappa shape index (κ2) is 35.5. The van der Waals surface area contributed by atoms with Gasteiger partial charge in [-0.2, -0.15) is 12.8 Å². The molecule has 4 atom stereocenters. The fraction of sp³-hybridized carbons (Fsp3) is 0.583. The zero-order valence-corrected chi connectivity index (χ0v) is 50.8. The number of fused-ring (bicyclic) bond motifs is 1. The van der Waals surface area contributed by atoms with Crippen LogP contribution in [0.2, 0.25) is 0 Å². The van der Waals surface area contributed by atoms with E-state index in [-0.39, 0.29) is 98.6 Å². The second-order valence-corrected chi connectivity index (χ2v) is 20.3. The maximum atomic E-state index is 13.2. The number of Topliss-reactive ketones (excluding diaryl/α,β-unsaturated/α-hetero) is 4. The average Bonchev–Trinajstić information content (AvgIpc) is 3.85. The maximum absolute atomic E-state index is 13.2. The molecule has 3 N–H and O–H groups in total. The Balaban J connectivity index is 0.000000685. The van der Waals surface area contributed by atoms with Crippen LogP contribution in [0.5, 0.6) is 0 Å². The molecule has 2 amide bonds. The summed E-state index contributed by atoms with van der Waals surface area (Å²) in [5, 5.41) is 8.95. The van der Waals surface area contributed by atoms with Crippen molar-refractivity contribution in [2.75, 3.05) is 69.9 Å². The van der Waals surface area contributed by atoms with E-state index in [0.29, 0.717) is 74.2 Å². The molecular weight excluding hydrogens is 986 g/mol. The molecule has 2 saturated heterocycles. The molecule has 3 heterocycles. The molecule has 0 bridgehead atoms. The van der Waals surface area contributed by atoms with E-state index in [1.807, 2.05) is 71.0 Å². The van der Waals surface area contributed by atoms with Gasteiger partial charge in [0.25, 0.3) is 5.91 Å². The van der Waals surface area contributed by atoms with Crippen LogP contribution in [0.1, 0.15) is 187 Å². The number of benzene rings is 2. The molecule has 15 nitrogen and oxygen atoms in total. The topological polar surface area (TPSA) is 189 Å². The summed E-state index contributed by atoms with van der Waals surface area (Å²) in [4.78, 5) is 84.2. The number of ether oxygens (including phenoxy) is 2. The van der Waals surface area contributed by atoms with Gasteiger partial charge in [-0.3, -0.25) is 34.7 Å². The van der Waals surface area contributed by atoms with Gasteiger partial charge in [0.15, 0.2) is 11.6 Å². The first-order valence-corrected chi connectivity index (χ1v) is 27.5. The molecule has 2 aliphatic heterocycles. The van der Waals surface area contributed by atoms with Gasteiger partial charge in [-0.1, -0.05) is 82.5 Å². The Bertz CT molecular complexity index is 2320. The van der Waals surface area contributed by atoms with Gasteiger partial charge in [-0.05, 0) is 103 Å². The molecule has 412 valence electrons. The number of nitrogens with one attached hydrogen (secondary N) is 3. The summed E-state index contributed by atoms with van der Waals surface area (Å²) in [6.07, 6.45) is 13.1. The summed E-state index contributed by atoms with van der Waals surface area (Å²) >= 11 is 0.